The highest BCUT2D eigenvalue weighted by Gasteiger charge is 2.40. The summed E-state index contributed by atoms with van der Waals surface area (Å²) in [7, 11) is 1.62. The molecule has 1 saturated heterocycles. The van der Waals surface area contributed by atoms with Crippen LogP contribution in [0.4, 0.5) is 0 Å². The Labute approximate surface area is 135 Å². The first kappa shape index (κ1) is 14.3. The van der Waals surface area contributed by atoms with E-state index in [0.717, 1.165) is 30.7 Å². The van der Waals surface area contributed by atoms with Gasteiger partial charge in [-0.15, -0.1) is 0 Å². The van der Waals surface area contributed by atoms with Crippen molar-refractivity contribution >= 4 is 5.91 Å². The van der Waals surface area contributed by atoms with Crippen LogP contribution < -0.4 is 15.4 Å². The van der Waals surface area contributed by atoms with Crippen LogP contribution in [0, 0.1) is 5.92 Å². The molecule has 2 heterocycles. The number of ether oxygens (including phenoxy) is 1. The lowest BCUT2D eigenvalue weighted by atomic mass is 10.1. The van der Waals surface area contributed by atoms with E-state index in [0.29, 0.717) is 23.5 Å². The molecule has 5 heteroatoms. The van der Waals surface area contributed by atoms with Gasteiger partial charge in [-0.3, -0.25) is 4.79 Å². The van der Waals surface area contributed by atoms with E-state index in [1.807, 2.05) is 30.3 Å². The zero-order valence-corrected chi connectivity index (χ0v) is 13.0. The number of nitrogens with one attached hydrogen (secondary N) is 2. The minimum atomic E-state index is -0.148. The highest BCUT2D eigenvalue weighted by molar-refractivity contribution is 5.92. The monoisotopic (exact) mass is 312 g/mol. The van der Waals surface area contributed by atoms with E-state index in [1.54, 1.807) is 13.2 Å². The van der Waals surface area contributed by atoms with Crippen molar-refractivity contribution in [3.05, 3.63) is 42.2 Å². The zero-order valence-electron chi connectivity index (χ0n) is 13.0. The van der Waals surface area contributed by atoms with Crippen molar-refractivity contribution in [2.24, 2.45) is 5.92 Å². The summed E-state index contributed by atoms with van der Waals surface area (Å²) >= 11 is 0. The quantitative estimate of drug-likeness (QED) is 0.910. The largest absolute Gasteiger partial charge is 0.496 e. The Hall–Kier alpha value is -2.27. The first-order chi connectivity index (χ1) is 11.2. The number of carbonyl (C=O) groups excluding carboxylic acids is 1. The lowest BCUT2D eigenvalue weighted by Gasteiger charge is -2.23. The van der Waals surface area contributed by atoms with E-state index >= 15 is 0 Å². The fraction of sp³-hybridized carbons (Fsp3) is 0.389. The Balaban J connectivity index is 1.50. The van der Waals surface area contributed by atoms with E-state index in [9.17, 15) is 4.79 Å². The fourth-order valence-electron chi connectivity index (χ4n) is 3.71. The standard InChI is InChI=1S/C18H20N2O3/c1-22-15-5-3-2-4-12(15)16-6-7-17(23-16)18(21)20-14-9-11-8-13(14)19-10-11/h2-7,11,13-14,19H,8-10H2,1H3,(H,20,21). The summed E-state index contributed by atoms with van der Waals surface area (Å²) in [5, 5.41) is 6.54. The molecule has 2 aliphatic rings. The third-order valence-corrected chi connectivity index (χ3v) is 4.85. The normalized spacial score (nSPS) is 25.5. The summed E-state index contributed by atoms with van der Waals surface area (Å²) in [6, 6.07) is 11.8. The first-order valence-corrected chi connectivity index (χ1v) is 8.02. The highest BCUT2D eigenvalue weighted by atomic mass is 16.5. The SMILES string of the molecule is COc1ccccc1-c1ccc(C(=O)NC2CC3CNC2C3)o1. The molecule has 23 heavy (non-hydrogen) atoms. The van der Waals surface area contributed by atoms with Crippen molar-refractivity contribution in [2.45, 2.75) is 24.9 Å². The van der Waals surface area contributed by atoms with Crippen LogP contribution >= 0.6 is 0 Å². The minimum absolute atomic E-state index is 0.148. The molecule has 3 unspecified atom stereocenters. The molecule has 2 N–H and O–H groups in total. The maximum atomic E-state index is 12.4. The van der Waals surface area contributed by atoms with Crippen molar-refractivity contribution in [3.63, 3.8) is 0 Å². The van der Waals surface area contributed by atoms with E-state index < -0.39 is 0 Å². The first-order valence-electron chi connectivity index (χ1n) is 8.02. The number of rotatable bonds is 4. The summed E-state index contributed by atoms with van der Waals surface area (Å²) < 4.78 is 11.1. The second kappa shape index (κ2) is 5.74. The summed E-state index contributed by atoms with van der Waals surface area (Å²) in [4.78, 5) is 12.4. The van der Waals surface area contributed by atoms with Crippen LogP contribution in [0.15, 0.2) is 40.8 Å². The van der Waals surface area contributed by atoms with Crippen molar-refractivity contribution in [3.8, 4) is 17.1 Å². The van der Waals surface area contributed by atoms with Gasteiger partial charge in [0, 0.05) is 12.1 Å². The molecule has 120 valence electrons. The molecule has 1 aliphatic heterocycles. The number of fused-ring (bicyclic) bond motifs is 2. The number of amides is 1. The van der Waals surface area contributed by atoms with Crippen LogP contribution in [-0.4, -0.2) is 31.6 Å². The van der Waals surface area contributed by atoms with Gasteiger partial charge in [0.2, 0.25) is 0 Å². The van der Waals surface area contributed by atoms with Crippen molar-refractivity contribution in [1.82, 2.24) is 10.6 Å². The number of hydrogen-bond donors (Lipinski definition) is 2. The molecule has 1 aromatic carbocycles. The van der Waals surface area contributed by atoms with Crippen LogP contribution in [0.1, 0.15) is 23.4 Å². The van der Waals surface area contributed by atoms with Gasteiger partial charge >= 0.3 is 0 Å². The second-order valence-corrected chi connectivity index (χ2v) is 6.30. The molecule has 2 fully saturated rings. The summed E-state index contributed by atoms with van der Waals surface area (Å²) in [6.45, 7) is 1.08. The molecule has 2 bridgehead atoms. The Morgan fingerprint density at radius 3 is 2.87 bits per heavy atom. The zero-order chi connectivity index (χ0) is 15.8. The lowest BCUT2D eigenvalue weighted by Crippen LogP contribution is -2.47. The van der Waals surface area contributed by atoms with Crippen LogP contribution in [0.25, 0.3) is 11.3 Å². The number of para-hydroxylation sites is 1. The number of piperidine rings is 1. The van der Waals surface area contributed by atoms with Crippen LogP contribution in [0.5, 0.6) is 5.75 Å². The Kier molecular flexibility index (Phi) is 3.58. The van der Waals surface area contributed by atoms with Gasteiger partial charge < -0.3 is 19.8 Å². The van der Waals surface area contributed by atoms with E-state index in [-0.39, 0.29) is 11.9 Å². The molecule has 1 aromatic heterocycles. The fourth-order valence-corrected chi connectivity index (χ4v) is 3.71. The van der Waals surface area contributed by atoms with Crippen LogP contribution in [0.2, 0.25) is 0 Å². The van der Waals surface area contributed by atoms with Gasteiger partial charge in [-0.1, -0.05) is 12.1 Å². The summed E-state index contributed by atoms with van der Waals surface area (Å²) in [5.74, 6) is 2.26. The molecule has 3 atom stereocenters. The molecule has 0 radical (unpaired) electrons. The van der Waals surface area contributed by atoms with Gasteiger partial charge in [0.15, 0.2) is 5.76 Å². The van der Waals surface area contributed by atoms with Crippen molar-refractivity contribution in [2.75, 3.05) is 13.7 Å². The molecule has 1 saturated carbocycles. The third-order valence-electron chi connectivity index (χ3n) is 4.85. The molecule has 5 nitrogen and oxygen atoms in total. The van der Waals surface area contributed by atoms with Gasteiger partial charge in [0.05, 0.1) is 12.7 Å². The van der Waals surface area contributed by atoms with Gasteiger partial charge in [-0.2, -0.15) is 0 Å². The van der Waals surface area contributed by atoms with Gasteiger partial charge in [0.25, 0.3) is 5.91 Å². The van der Waals surface area contributed by atoms with E-state index in [4.69, 9.17) is 9.15 Å². The predicted molar refractivity (Wildman–Crippen MR) is 86.5 cm³/mol. The van der Waals surface area contributed by atoms with E-state index in [2.05, 4.69) is 10.6 Å². The average molecular weight is 312 g/mol. The number of furan rings is 1. The molecule has 4 rings (SSSR count). The topological polar surface area (TPSA) is 63.5 Å². The predicted octanol–water partition coefficient (Wildman–Crippen LogP) is 2.44. The number of benzene rings is 1. The maximum absolute atomic E-state index is 12.4. The molecule has 0 spiro atoms. The number of hydrogen-bond acceptors (Lipinski definition) is 4. The Morgan fingerprint density at radius 1 is 1.26 bits per heavy atom. The summed E-state index contributed by atoms with van der Waals surface area (Å²) in [5.41, 5.74) is 0.843. The van der Waals surface area contributed by atoms with Crippen LogP contribution in [0.3, 0.4) is 0 Å². The van der Waals surface area contributed by atoms with Gasteiger partial charge in [0.1, 0.15) is 11.5 Å². The maximum Gasteiger partial charge on any atom is 0.287 e. The average Bonchev–Trinajstić information content (AvgIpc) is 3.31. The molecule has 2 aromatic rings. The lowest BCUT2D eigenvalue weighted by molar-refractivity contribution is 0.0901. The van der Waals surface area contributed by atoms with Crippen molar-refractivity contribution in [1.29, 1.82) is 0 Å². The summed E-state index contributed by atoms with van der Waals surface area (Å²) in [6.07, 6.45) is 2.22. The molecule has 1 amide bonds. The minimum Gasteiger partial charge on any atom is -0.496 e. The van der Waals surface area contributed by atoms with Gasteiger partial charge in [-0.25, -0.2) is 0 Å². The number of methoxy groups -OCH3 is 1. The molecule has 1 aliphatic carbocycles. The smallest absolute Gasteiger partial charge is 0.287 e. The second-order valence-electron chi connectivity index (χ2n) is 6.30. The van der Waals surface area contributed by atoms with Crippen molar-refractivity contribution < 1.29 is 13.9 Å². The van der Waals surface area contributed by atoms with Gasteiger partial charge in [-0.05, 0) is 49.6 Å². The Morgan fingerprint density at radius 2 is 2.13 bits per heavy atom. The Bertz CT molecular complexity index is 725. The number of carbonyl (C=O) groups is 1. The molecular formula is C18H20N2O3. The van der Waals surface area contributed by atoms with E-state index in [1.165, 1.54) is 0 Å². The third kappa shape index (κ3) is 2.61. The highest BCUT2D eigenvalue weighted by Crippen LogP contribution is 2.32. The van der Waals surface area contributed by atoms with Crippen LogP contribution in [-0.2, 0) is 0 Å². The molecular weight excluding hydrogens is 292 g/mol.